The first-order valence-corrected chi connectivity index (χ1v) is 8.43. The van der Waals surface area contributed by atoms with Gasteiger partial charge in [0.2, 0.25) is 5.83 Å². The van der Waals surface area contributed by atoms with Crippen LogP contribution in [0, 0.1) is 0 Å². The van der Waals surface area contributed by atoms with E-state index in [4.69, 9.17) is 0 Å². The molecule has 0 aromatic heterocycles. The number of nitrogens with two attached hydrogens (primary N) is 1. The summed E-state index contributed by atoms with van der Waals surface area (Å²) in [5.41, 5.74) is 4.46. The average Bonchev–Trinajstić information content (AvgIpc) is 2.50. The summed E-state index contributed by atoms with van der Waals surface area (Å²) < 4.78 is 142. The van der Waals surface area contributed by atoms with Crippen molar-refractivity contribution in [2.24, 2.45) is 5.73 Å². The zero-order valence-corrected chi connectivity index (χ0v) is 14.7. The molecule has 0 saturated carbocycles. The second-order valence-corrected chi connectivity index (χ2v) is 6.67. The van der Waals surface area contributed by atoms with E-state index in [0.29, 0.717) is 0 Å². The predicted molar refractivity (Wildman–Crippen MR) is 73.7 cm³/mol. The van der Waals surface area contributed by atoms with Crippen molar-refractivity contribution in [1.82, 2.24) is 0 Å². The highest BCUT2D eigenvalue weighted by Gasteiger charge is 2.66. The van der Waals surface area contributed by atoms with Crippen LogP contribution in [-0.4, -0.2) is 54.6 Å². The molecule has 0 rings (SSSR count). The zero-order valence-electron chi connectivity index (χ0n) is 13.9. The average molecular weight is 466 g/mol. The number of ether oxygens (including phenoxy) is 2. The number of carbonyl (C=O) groups is 2. The zero-order chi connectivity index (χ0) is 23.5. The van der Waals surface area contributed by atoms with Crippen molar-refractivity contribution in [2.75, 3.05) is 6.61 Å². The van der Waals surface area contributed by atoms with Crippen LogP contribution in [0.1, 0.15) is 19.3 Å². The molecule has 2 N–H and O–H groups in total. The van der Waals surface area contributed by atoms with E-state index >= 15 is 0 Å². The van der Waals surface area contributed by atoms with Gasteiger partial charge in [-0.05, 0) is 12.8 Å². The Morgan fingerprint density at radius 3 is 1.86 bits per heavy atom. The second kappa shape index (κ2) is 8.78. The maximum absolute atomic E-state index is 13.2. The van der Waals surface area contributed by atoms with E-state index in [1.54, 1.807) is 0 Å². The minimum Gasteiger partial charge on any atom is -0.743 e. The van der Waals surface area contributed by atoms with E-state index in [1.807, 2.05) is 0 Å². The number of primary amides is 1. The molecule has 0 aliphatic carbocycles. The van der Waals surface area contributed by atoms with Gasteiger partial charge in [-0.25, -0.2) is 13.2 Å². The highest BCUT2D eigenvalue weighted by Crippen LogP contribution is 2.42. The number of rotatable bonds is 11. The van der Waals surface area contributed by atoms with E-state index in [1.165, 1.54) is 0 Å². The van der Waals surface area contributed by atoms with E-state index in [9.17, 15) is 57.7 Å². The van der Waals surface area contributed by atoms with Crippen LogP contribution in [0.5, 0.6) is 0 Å². The standard InChI is InChI=1S/C12H13F8NO7S/c1-6(13)7(22)28-10(8(21)23,11(16,17)18)27-5-3-2-4-9(14,15)12(19,20)29(24,25)26/h1-5H2,(H2,21,23)(H,24,25,26)/p-1. The second-order valence-electron chi connectivity index (χ2n) is 5.25. The van der Waals surface area contributed by atoms with E-state index in [2.05, 4.69) is 21.8 Å². The third-order valence-corrected chi connectivity index (χ3v) is 4.01. The number of carbonyl (C=O) groups excluding carboxylic acids is 2. The molecule has 8 nitrogen and oxygen atoms in total. The summed E-state index contributed by atoms with van der Waals surface area (Å²) in [4.78, 5) is 22.1. The lowest BCUT2D eigenvalue weighted by Crippen LogP contribution is -2.60. The topological polar surface area (TPSA) is 136 Å². The molecule has 0 bridgehead atoms. The molecule has 0 spiro atoms. The van der Waals surface area contributed by atoms with Crippen molar-refractivity contribution in [3.63, 3.8) is 0 Å². The molecule has 170 valence electrons. The molecule has 0 aromatic rings. The van der Waals surface area contributed by atoms with Crippen LogP contribution in [-0.2, 0) is 29.2 Å². The monoisotopic (exact) mass is 466 g/mol. The summed E-state index contributed by atoms with van der Waals surface area (Å²) in [6, 6.07) is 0. The fourth-order valence-electron chi connectivity index (χ4n) is 1.61. The maximum Gasteiger partial charge on any atom is 0.466 e. The molecule has 0 aliphatic rings. The molecule has 0 radical (unpaired) electrons. The highest BCUT2D eigenvalue weighted by atomic mass is 32.2. The van der Waals surface area contributed by atoms with Crippen LogP contribution >= 0.6 is 0 Å². The van der Waals surface area contributed by atoms with Gasteiger partial charge in [0.05, 0.1) is 6.61 Å². The van der Waals surface area contributed by atoms with Gasteiger partial charge in [0, 0.05) is 6.42 Å². The van der Waals surface area contributed by atoms with Gasteiger partial charge in [-0.3, -0.25) is 4.79 Å². The molecule has 29 heavy (non-hydrogen) atoms. The molecule has 0 saturated heterocycles. The first-order chi connectivity index (χ1) is 12.7. The van der Waals surface area contributed by atoms with Crippen molar-refractivity contribution in [3.05, 3.63) is 12.4 Å². The summed E-state index contributed by atoms with van der Waals surface area (Å²) in [5, 5.41) is -6.00. The Labute approximate surface area is 157 Å². The molecule has 0 heterocycles. The Bertz CT molecular complexity index is 752. The van der Waals surface area contributed by atoms with Gasteiger partial charge < -0.3 is 19.8 Å². The Hall–Kier alpha value is -2.01. The highest BCUT2D eigenvalue weighted by molar-refractivity contribution is 7.86. The van der Waals surface area contributed by atoms with Crippen molar-refractivity contribution in [1.29, 1.82) is 0 Å². The number of hydrogen-bond acceptors (Lipinski definition) is 7. The van der Waals surface area contributed by atoms with Crippen LogP contribution in [0.25, 0.3) is 0 Å². The maximum atomic E-state index is 13.2. The number of unbranched alkanes of at least 4 members (excludes halogenated alkanes) is 1. The summed E-state index contributed by atoms with van der Waals surface area (Å²) in [6.07, 6.45) is -9.97. The number of amides is 1. The fourth-order valence-corrected chi connectivity index (χ4v) is 2.08. The van der Waals surface area contributed by atoms with Crippen LogP contribution in [0.2, 0.25) is 0 Å². The fraction of sp³-hybridized carbons (Fsp3) is 0.667. The Balaban J connectivity index is 5.22. The van der Waals surface area contributed by atoms with Gasteiger partial charge >= 0.3 is 35.0 Å². The minimum absolute atomic E-state index is 0.968. The lowest BCUT2D eigenvalue weighted by molar-refractivity contribution is -0.346. The minimum atomic E-state index is -6.75. The third-order valence-electron chi connectivity index (χ3n) is 3.09. The van der Waals surface area contributed by atoms with E-state index < -0.39 is 76.8 Å². The quantitative estimate of drug-likeness (QED) is 0.122. The van der Waals surface area contributed by atoms with Crippen LogP contribution in [0.3, 0.4) is 0 Å². The molecule has 0 aliphatic heterocycles. The molecule has 0 fully saturated rings. The lowest BCUT2D eigenvalue weighted by atomic mass is 10.1. The smallest absolute Gasteiger partial charge is 0.466 e. The predicted octanol–water partition coefficient (Wildman–Crippen LogP) is 1.72. The Morgan fingerprint density at radius 1 is 1.03 bits per heavy atom. The van der Waals surface area contributed by atoms with E-state index in [-0.39, 0.29) is 0 Å². The number of esters is 1. The van der Waals surface area contributed by atoms with Gasteiger partial charge in [-0.1, -0.05) is 6.58 Å². The molecule has 0 aromatic carbocycles. The number of alkyl halides is 7. The molecule has 1 amide bonds. The van der Waals surface area contributed by atoms with E-state index in [0.717, 1.165) is 0 Å². The summed E-state index contributed by atoms with van der Waals surface area (Å²) in [6.45, 7) is 0.940. The van der Waals surface area contributed by atoms with Gasteiger partial charge in [-0.2, -0.15) is 35.1 Å². The SMILES string of the molecule is C=C(F)C(=O)OC(OCCCCC(F)(F)C(F)(F)S(=O)(=O)[O-])(C(N)=O)C(F)(F)F. The first-order valence-electron chi connectivity index (χ1n) is 7.02. The molecular formula is C12H12F8NO7S-. The molecule has 17 heteroatoms. The largest absolute Gasteiger partial charge is 0.743 e. The van der Waals surface area contributed by atoms with Crippen molar-refractivity contribution in [3.8, 4) is 0 Å². The summed E-state index contributed by atoms with van der Waals surface area (Å²) in [7, 11) is -6.75. The van der Waals surface area contributed by atoms with Crippen molar-refractivity contribution < 1.29 is 67.2 Å². The molecule has 1 atom stereocenters. The Kier molecular flexibility index (Phi) is 8.17. The van der Waals surface area contributed by atoms with Crippen molar-refractivity contribution in [2.45, 2.75) is 42.4 Å². The van der Waals surface area contributed by atoms with Crippen LogP contribution < -0.4 is 5.73 Å². The Morgan fingerprint density at radius 2 is 1.52 bits per heavy atom. The summed E-state index contributed by atoms with van der Waals surface area (Å²) >= 11 is 0. The number of halogens is 8. The van der Waals surface area contributed by atoms with Crippen LogP contribution in [0.15, 0.2) is 12.4 Å². The third kappa shape index (κ3) is 5.99. The van der Waals surface area contributed by atoms with Crippen LogP contribution in [0.4, 0.5) is 35.1 Å². The van der Waals surface area contributed by atoms with Gasteiger partial charge in [-0.15, -0.1) is 0 Å². The molecular weight excluding hydrogens is 454 g/mol. The van der Waals surface area contributed by atoms with Gasteiger partial charge in [0.1, 0.15) is 0 Å². The number of hydrogen-bond donors (Lipinski definition) is 1. The lowest BCUT2D eigenvalue weighted by Gasteiger charge is -2.31. The molecule has 1 unspecified atom stereocenters. The van der Waals surface area contributed by atoms with Gasteiger partial charge in [0.15, 0.2) is 10.1 Å². The first kappa shape index (κ1) is 27.0. The van der Waals surface area contributed by atoms with Gasteiger partial charge in [0.25, 0.3) is 0 Å². The normalized spacial score (nSPS) is 15.5. The summed E-state index contributed by atoms with van der Waals surface area (Å²) in [5.74, 6) is -16.9. The van der Waals surface area contributed by atoms with Crippen molar-refractivity contribution >= 4 is 22.0 Å².